The van der Waals surface area contributed by atoms with Gasteiger partial charge in [-0.2, -0.15) is 0 Å². The van der Waals surface area contributed by atoms with Crippen LogP contribution in [0.5, 0.6) is 0 Å². The predicted molar refractivity (Wildman–Crippen MR) is 86.9 cm³/mol. The second-order valence-corrected chi connectivity index (χ2v) is 5.58. The molecule has 1 aromatic rings. The van der Waals surface area contributed by atoms with Gasteiger partial charge in [0.15, 0.2) is 0 Å². The second-order valence-electron chi connectivity index (χ2n) is 5.58. The third kappa shape index (κ3) is 4.89. The first-order valence-corrected chi connectivity index (χ1v) is 8.31. The Morgan fingerprint density at radius 3 is 2.67 bits per heavy atom. The van der Waals surface area contributed by atoms with Crippen LogP contribution in [0, 0.1) is 6.08 Å². The highest BCUT2D eigenvalue weighted by Gasteiger charge is 2.18. The summed E-state index contributed by atoms with van der Waals surface area (Å²) in [7, 11) is 0. The van der Waals surface area contributed by atoms with Crippen molar-refractivity contribution in [1.82, 2.24) is 0 Å². The van der Waals surface area contributed by atoms with Gasteiger partial charge in [0.25, 0.3) is 0 Å². The lowest BCUT2D eigenvalue weighted by molar-refractivity contribution is 0.0720. The molecule has 1 aliphatic rings. The highest BCUT2D eigenvalue weighted by molar-refractivity contribution is 5.62. The summed E-state index contributed by atoms with van der Waals surface area (Å²) in [5, 5.41) is 0. The van der Waals surface area contributed by atoms with Crippen molar-refractivity contribution in [3.63, 3.8) is 0 Å². The number of hydrogen-bond acceptors (Lipinski definition) is 2. The number of benzene rings is 1. The molecule has 1 aromatic carbocycles. The Balaban J connectivity index is 2.10. The molecule has 0 fully saturated rings. The van der Waals surface area contributed by atoms with Crippen molar-refractivity contribution in [3.05, 3.63) is 41.5 Å². The van der Waals surface area contributed by atoms with Gasteiger partial charge in [-0.25, -0.2) is 0 Å². The number of unbranched alkanes of at least 4 members (excludes halogenated alkanes) is 2. The van der Waals surface area contributed by atoms with Crippen LogP contribution in [0.1, 0.15) is 57.1 Å². The normalized spacial score (nSPS) is 17.8. The van der Waals surface area contributed by atoms with Crippen LogP contribution in [0.2, 0.25) is 0 Å². The molecule has 0 aliphatic heterocycles. The number of hydrogen-bond donors (Lipinski definition) is 0. The van der Waals surface area contributed by atoms with E-state index in [1.807, 2.05) is 0 Å². The quantitative estimate of drug-likeness (QED) is 0.641. The van der Waals surface area contributed by atoms with E-state index < -0.39 is 0 Å². The molecule has 0 aromatic heterocycles. The molecule has 0 amide bonds. The Morgan fingerprint density at radius 1 is 1.10 bits per heavy atom. The summed E-state index contributed by atoms with van der Waals surface area (Å²) < 4.78 is 12.0. The lowest BCUT2D eigenvalue weighted by Gasteiger charge is -2.13. The minimum atomic E-state index is 0.0561. The van der Waals surface area contributed by atoms with E-state index in [2.05, 4.69) is 44.2 Å². The van der Waals surface area contributed by atoms with Crippen LogP contribution >= 0.6 is 0 Å². The number of aryl methyl sites for hydroxylation is 1. The van der Waals surface area contributed by atoms with E-state index >= 15 is 0 Å². The summed E-state index contributed by atoms with van der Waals surface area (Å²) in [6.45, 7) is 5.94. The number of ether oxygens (including phenoxy) is 2. The smallest absolute Gasteiger partial charge is 0.133 e. The molecule has 1 aliphatic carbocycles. The molecule has 2 nitrogen and oxygen atoms in total. The topological polar surface area (TPSA) is 18.5 Å². The Hall–Kier alpha value is -1.28. The van der Waals surface area contributed by atoms with Crippen LogP contribution in [0.15, 0.2) is 24.3 Å². The molecule has 0 heterocycles. The standard InChI is InChI=1S/C19H27O2/c1-3-5-13-20-17-12-11-16-9-7-8-10-18(16)19(15-17)21-14-6-4-2/h7-10,17H,3-6,11-14H2,1-2H3. The molecule has 0 bridgehead atoms. The molecule has 1 unspecified atom stereocenters. The molecule has 0 saturated carbocycles. The highest BCUT2D eigenvalue weighted by atomic mass is 16.5. The van der Waals surface area contributed by atoms with Crippen LogP contribution in [0.3, 0.4) is 0 Å². The predicted octanol–water partition coefficient (Wildman–Crippen LogP) is 4.78. The van der Waals surface area contributed by atoms with Crippen molar-refractivity contribution in [2.24, 2.45) is 0 Å². The van der Waals surface area contributed by atoms with Crippen molar-refractivity contribution in [3.8, 4) is 0 Å². The van der Waals surface area contributed by atoms with Gasteiger partial charge in [-0.05, 0) is 31.2 Å². The van der Waals surface area contributed by atoms with Gasteiger partial charge in [0, 0.05) is 18.2 Å². The minimum absolute atomic E-state index is 0.0561. The number of rotatable bonds is 8. The second kappa shape index (κ2) is 8.89. The molecule has 115 valence electrons. The summed E-state index contributed by atoms with van der Waals surface area (Å²) in [5.74, 6) is 0.887. The van der Waals surface area contributed by atoms with Gasteiger partial charge in [0.2, 0.25) is 0 Å². The summed E-state index contributed by atoms with van der Waals surface area (Å²) >= 11 is 0. The van der Waals surface area contributed by atoms with Gasteiger partial charge in [-0.15, -0.1) is 0 Å². The maximum Gasteiger partial charge on any atom is 0.133 e. The van der Waals surface area contributed by atoms with Crippen LogP contribution < -0.4 is 0 Å². The molecule has 1 atom stereocenters. The van der Waals surface area contributed by atoms with Crippen molar-refractivity contribution < 1.29 is 9.47 Å². The molecule has 2 rings (SSSR count). The largest absolute Gasteiger partial charge is 0.493 e. The Labute approximate surface area is 129 Å². The van der Waals surface area contributed by atoms with Crippen molar-refractivity contribution in [2.45, 2.75) is 58.5 Å². The lowest BCUT2D eigenvalue weighted by atomic mass is 10.0. The van der Waals surface area contributed by atoms with Gasteiger partial charge in [0.05, 0.1) is 12.7 Å². The summed E-state index contributed by atoms with van der Waals surface area (Å²) in [4.78, 5) is 0. The van der Waals surface area contributed by atoms with E-state index in [4.69, 9.17) is 9.47 Å². The molecule has 0 saturated heterocycles. The minimum Gasteiger partial charge on any atom is -0.493 e. The first-order valence-electron chi connectivity index (χ1n) is 8.31. The molecule has 2 heteroatoms. The molecular formula is C19H27O2. The first kappa shape index (κ1) is 16.1. The average molecular weight is 287 g/mol. The van der Waals surface area contributed by atoms with E-state index in [1.165, 1.54) is 11.1 Å². The summed E-state index contributed by atoms with van der Waals surface area (Å²) in [6, 6.07) is 8.50. The van der Waals surface area contributed by atoms with Crippen molar-refractivity contribution in [2.75, 3.05) is 13.2 Å². The zero-order valence-electron chi connectivity index (χ0n) is 13.4. The van der Waals surface area contributed by atoms with E-state index in [1.54, 1.807) is 0 Å². The van der Waals surface area contributed by atoms with Crippen LogP contribution in [0.25, 0.3) is 5.76 Å². The van der Waals surface area contributed by atoms with Gasteiger partial charge in [-0.1, -0.05) is 51.0 Å². The molecule has 21 heavy (non-hydrogen) atoms. The molecule has 0 N–H and O–H groups in total. The van der Waals surface area contributed by atoms with Crippen LogP contribution in [-0.2, 0) is 15.9 Å². The van der Waals surface area contributed by atoms with Gasteiger partial charge < -0.3 is 9.47 Å². The zero-order chi connectivity index (χ0) is 14.9. The van der Waals surface area contributed by atoms with Crippen LogP contribution in [-0.4, -0.2) is 19.3 Å². The van der Waals surface area contributed by atoms with Crippen molar-refractivity contribution in [1.29, 1.82) is 0 Å². The Kier molecular flexibility index (Phi) is 6.81. The van der Waals surface area contributed by atoms with Gasteiger partial charge in [0.1, 0.15) is 5.76 Å². The molecule has 0 spiro atoms. The third-order valence-electron chi connectivity index (χ3n) is 3.79. The zero-order valence-corrected chi connectivity index (χ0v) is 13.4. The molecular weight excluding hydrogens is 260 g/mol. The third-order valence-corrected chi connectivity index (χ3v) is 3.79. The maximum absolute atomic E-state index is 5.99. The number of fused-ring (bicyclic) bond motifs is 1. The fraction of sp³-hybridized carbons (Fsp3) is 0.579. The van der Waals surface area contributed by atoms with Crippen LogP contribution in [0.4, 0.5) is 0 Å². The Bertz CT molecular complexity index is 451. The van der Waals surface area contributed by atoms with E-state index in [-0.39, 0.29) is 6.10 Å². The first-order chi connectivity index (χ1) is 10.3. The summed E-state index contributed by atoms with van der Waals surface area (Å²) in [6.07, 6.45) is 10.0. The SMILES string of the molecule is CCCCOC1=[C]C(OCCCC)CCc2ccccc21. The maximum atomic E-state index is 5.99. The van der Waals surface area contributed by atoms with Gasteiger partial charge in [-0.3, -0.25) is 0 Å². The molecule has 1 radical (unpaired) electrons. The van der Waals surface area contributed by atoms with Gasteiger partial charge >= 0.3 is 0 Å². The Morgan fingerprint density at radius 2 is 1.86 bits per heavy atom. The van der Waals surface area contributed by atoms with E-state index in [0.29, 0.717) is 0 Å². The van der Waals surface area contributed by atoms with E-state index in [9.17, 15) is 0 Å². The fourth-order valence-electron chi connectivity index (χ4n) is 2.48. The highest BCUT2D eigenvalue weighted by Crippen LogP contribution is 2.27. The average Bonchev–Trinajstić information content (AvgIpc) is 2.68. The summed E-state index contributed by atoms with van der Waals surface area (Å²) in [5.41, 5.74) is 2.54. The fourth-order valence-corrected chi connectivity index (χ4v) is 2.48. The monoisotopic (exact) mass is 287 g/mol. The van der Waals surface area contributed by atoms with E-state index in [0.717, 1.165) is 57.5 Å². The lowest BCUT2D eigenvalue weighted by Crippen LogP contribution is -2.12. The van der Waals surface area contributed by atoms with Crippen molar-refractivity contribution >= 4 is 5.76 Å².